The normalized spacial score (nSPS) is 13.2. The number of carbonyl (C=O) groups excluding carboxylic acids is 2. The third-order valence-corrected chi connectivity index (χ3v) is 6.93. The van der Waals surface area contributed by atoms with Gasteiger partial charge < -0.3 is 15.4 Å². The summed E-state index contributed by atoms with van der Waals surface area (Å²) in [6.07, 6.45) is 6.44. The molecule has 3 aromatic rings. The topological polar surface area (TPSA) is 98.4 Å². The molecular formula is C31H34F2N4O3. The Bertz CT molecular complexity index is 1450. The van der Waals surface area contributed by atoms with Crippen LogP contribution in [0.3, 0.4) is 0 Å². The molecule has 7 nitrogen and oxygen atoms in total. The summed E-state index contributed by atoms with van der Waals surface area (Å²) in [6.45, 7) is 6.05. The average Bonchev–Trinajstić information content (AvgIpc) is 3.75. The van der Waals surface area contributed by atoms with E-state index in [4.69, 9.17) is 10.5 Å². The molecule has 0 unspecified atom stereocenters. The van der Waals surface area contributed by atoms with Crippen LogP contribution in [0.2, 0.25) is 0 Å². The number of halogens is 2. The first-order valence-corrected chi connectivity index (χ1v) is 13.3. The number of ketones is 1. The molecule has 2 aromatic carbocycles. The minimum absolute atomic E-state index is 0.0215. The third kappa shape index (κ3) is 6.89. The lowest BCUT2D eigenvalue weighted by Gasteiger charge is -2.18. The van der Waals surface area contributed by atoms with E-state index < -0.39 is 17.4 Å². The van der Waals surface area contributed by atoms with Gasteiger partial charge in [-0.3, -0.25) is 9.59 Å². The fourth-order valence-electron chi connectivity index (χ4n) is 4.38. The Morgan fingerprint density at radius 3 is 2.60 bits per heavy atom. The Kier molecular flexibility index (Phi) is 8.92. The van der Waals surface area contributed by atoms with Gasteiger partial charge in [0.25, 0.3) is 0 Å². The van der Waals surface area contributed by atoms with E-state index >= 15 is 0 Å². The van der Waals surface area contributed by atoms with E-state index in [1.807, 2.05) is 19.9 Å². The van der Waals surface area contributed by atoms with Crippen LogP contribution in [0.15, 0.2) is 48.8 Å². The van der Waals surface area contributed by atoms with Crippen molar-refractivity contribution in [1.82, 2.24) is 14.9 Å². The highest BCUT2D eigenvalue weighted by molar-refractivity contribution is 5.98. The number of benzene rings is 2. The number of allylic oxidation sites excluding steroid dienone is 1. The Hall–Kier alpha value is -4.14. The number of nitrogen functional groups attached to an aromatic ring is 1. The van der Waals surface area contributed by atoms with Crippen molar-refractivity contribution in [2.75, 3.05) is 25.9 Å². The van der Waals surface area contributed by atoms with Crippen molar-refractivity contribution in [2.45, 2.75) is 46.0 Å². The number of Topliss-reactive ketones (excluding diaryl/α,β-unsaturated/α-hetero) is 1. The standard InChI is InChI=1S/C31H34F2N4O3/c1-18(2)5-10-28(39)37(4)11-12-40-30-29(35-17-36-31(30)34)25-16-23(32)13-22(19(25)3)15-27(38)24-9-8-21(14-26(24)33)20-6-7-20/h5,8-10,13-14,16-18,20H,6-7,11-12,15H2,1-4H3,(H2,34,35,36)/b10-5+. The van der Waals surface area contributed by atoms with Crippen LogP contribution in [0.25, 0.3) is 11.3 Å². The quantitative estimate of drug-likeness (QED) is 0.245. The van der Waals surface area contributed by atoms with E-state index in [0.29, 0.717) is 22.6 Å². The molecule has 1 saturated carbocycles. The molecule has 4 rings (SSSR count). The second-order valence-corrected chi connectivity index (χ2v) is 10.5. The lowest BCUT2D eigenvalue weighted by molar-refractivity contribution is -0.125. The van der Waals surface area contributed by atoms with Crippen molar-refractivity contribution in [3.05, 3.63) is 82.7 Å². The second-order valence-electron chi connectivity index (χ2n) is 10.5. The molecule has 0 atom stereocenters. The van der Waals surface area contributed by atoms with Crippen molar-refractivity contribution < 1.29 is 23.1 Å². The number of aromatic nitrogens is 2. The first-order chi connectivity index (χ1) is 19.0. The van der Waals surface area contributed by atoms with E-state index in [1.165, 1.54) is 41.6 Å². The van der Waals surface area contributed by atoms with Crippen LogP contribution < -0.4 is 10.5 Å². The summed E-state index contributed by atoms with van der Waals surface area (Å²) in [7, 11) is 1.66. The van der Waals surface area contributed by atoms with Gasteiger partial charge in [0.05, 0.1) is 12.1 Å². The SMILES string of the molecule is Cc1c(CC(=O)c2ccc(C3CC3)cc2F)cc(F)cc1-c1ncnc(N)c1OCCN(C)C(=O)/C=C/C(C)C. The van der Waals surface area contributed by atoms with Gasteiger partial charge in [0, 0.05) is 19.0 Å². The maximum Gasteiger partial charge on any atom is 0.246 e. The van der Waals surface area contributed by atoms with E-state index in [2.05, 4.69) is 9.97 Å². The van der Waals surface area contributed by atoms with Crippen LogP contribution >= 0.6 is 0 Å². The van der Waals surface area contributed by atoms with Crippen LogP contribution in [0, 0.1) is 24.5 Å². The molecule has 1 aliphatic carbocycles. The Morgan fingerprint density at radius 1 is 1.18 bits per heavy atom. The van der Waals surface area contributed by atoms with Crippen LogP contribution in [0.4, 0.5) is 14.6 Å². The largest absolute Gasteiger partial charge is 0.486 e. The van der Waals surface area contributed by atoms with Crippen LogP contribution in [0.5, 0.6) is 5.75 Å². The van der Waals surface area contributed by atoms with E-state index in [0.717, 1.165) is 18.4 Å². The highest BCUT2D eigenvalue weighted by Crippen LogP contribution is 2.40. The Labute approximate surface area is 233 Å². The number of likely N-dealkylation sites (N-methyl/N-ethyl adjacent to an activating group) is 1. The van der Waals surface area contributed by atoms with Crippen molar-refractivity contribution in [1.29, 1.82) is 0 Å². The first-order valence-electron chi connectivity index (χ1n) is 13.3. The number of ether oxygens (including phenoxy) is 1. The highest BCUT2D eigenvalue weighted by Gasteiger charge is 2.25. The van der Waals surface area contributed by atoms with Gasteiger partial charge >= 0.3 is 0 Å². The van der Waals surface area contributed by atoms with Gasteiger partial charge in [0.15, 0.2) is 17.4 Å². The fraction of sp³-hybridized carbons (Fsp3) is 0.355. The third-order valence-electron chi connectivity index (χ3n) is 6.93. The summed E-state index contributed by atoms with van der Waals surface area (Å²) in [6, 6.07) is 7.28. The van der Waals surface area contributed by atoms with Crippen molar-refractivity contribution in [3.8, 4) is 17.0 Å². The molecule has 210 valence electrons. The molecule has 1 amide bonds. The van der Waals surface area contributed by atoms with Crippen molar-refractivity contribution in [3.63, 3.8) is 0 Å². The number of nitrogens with two attached hydrogens (primary N) is 1. The molecule has 2 N–H and O–H groups in total. The monoisotopic (exact) mass is 548 g/mol. The summed E-state index contributed by atoms with van der Waals surface area (Å²) in [5.74, 6) is -0.943. The number of anilines is 1. The van der Waals surface area contributed by atoms with Crippen LogP contribution in [-0.2, 0) is 11.2 Å². The average molecular weight is 549 g/mol. The van der Waals surface area contributed by atoms with Gasteiger partial charge in [-0.05, 0) is 78.6 Å². The number of rotatable bonds is 11. The Balaban J connectivity index is 1.55. The molecule has 0 spiro atoms. The molecule has 1 aromatic heterocycles. The predicted molar refractivity (Wildman–Crippen MR) is 150 cm³/mol. The maximum absolute atomic E-state index is 14.8. The zero-order valence-corrected chi connectivity index (χ0v) is 23.2. The minimum Gasteiger partial charge on any atom is -0.486 e. The molecule has 1 aliphatic rings. The summed E-state index contributed by atoms with van der Waals surface area (Å²) in [5, 5.41) is 0. The molecule has 0 saturated heterocycles. The first kappa shape index (κ1) is 28.9. The van der Waals surface area contributed by atoms with Crippen LogP contribution in [-0.4, -0.2) is 46.8 Å². The number of nitrogens with zero attached hydrogens (tertiary/aromatic N) is 3. The number of hydrogen-bond donors (Lipinski definition) is 1. The number of carbonyl (C=O) groups is 2. The molecule has 1 fully saturated rings. The van der Waals surface area contributed by atoms with E-state index in [1.54, 1.807) is 20.0 Å². The summed E-state index contributed by atoms with van der Waals surface area (Å²) in [5.41, 5.74) is 8.59. The smallest absolute Gasteiger partial charge is 0.246 e. The summed E-state index contributed by atoms with van der Waals surface area (Å²) < 4.78 is 35.5. The zero-order chi connectivity index (χ0) is 29.0. The molecule has 0 radical (unpaired) electrons. The maximum atomic E-state index is 14.8. The van der Waals surface area contributed by atoms with E-state index in [9.17, 15) is 18.4 Å². The van der Waals surface area contributed by atoms with Gasteiger partial charge in [-0.25, -0.2) is 18.7 Å². The predicted octanol–water partition coefficient (Wildman–Crippen LogP) is 5.66. The fourth-order valence-corrected chi connectivity index (χ4v) is 4.38. The molecule has 9 heteroatoms. The highest BCUT2D eigenvalue weighted by atomic mass is 19.1. The molecule has 0 aliphatic heterocycles. The summed E-state index contributed by atoms with van der Waals surface area (Å²) >= 11 is 0. The minimum atomic E-state index is -0.585. The van der Waals surface area contributed by atoms with Gasteiger partial charge in [-0.2, -0.15) is 0 Å². The van der Waals surface area contributed by atoms with E-state index in [-0.39, 0.29) is 54.2 Å². The lowest BCUT2D eigenvalue weighted by atomic mass is 9.93. The molecular weight excluding hydrogens is 514 g/mol. The Morgan fingerprint density at radius 2 is 1.93 bits per heavy atom. The molecule has 40 heavy (non-hydrogen) atoms. The van der Waals surface area contributed by atoms with Gasteiger partial charge in [0.2, 0.25) is 5.91 Å². The van der Waals surface area contributed by atoms with Crippen molar-refractivity contribution in [2.24, 2.45) is 5.92 Å². The van der Waals surface area contributed by atoms with Gasteiger partial charge in [0.1, 0.15) is 30.3 Å². The lowest BCUT2D eigenvalue weighted by Crippen LogP contribution is -2.29. The summed E-state index contributed by atoms with van der Waals surface area (Å²) in [4.78, 5) is 35.1. The zero-order valence-electron chi connectivity index (χ0n) is 23.2. The van der Waals surface area contributed by atoms with Gasteiger partial charge in [-0.15, -0.1) is 0 Å². The number of amides is 1. The number of hydrogen-bond acceptors (Lipinski definition) is 6. The molecule has 1 heterocycles. The van der Waals surface area contributed by atoms with Gasteiger partial charge in [-0.1, -0.05) is 26.0 Å². The second kappa shape index (κ2) is 12.4. The molecule has 0 bridgehead atoms. The van der Waals surface area contributed by atoms with Crippen molar-refractivity contribution >= 4 is 17.5 Å². The van der Waals surface area contributed by atoms with Crippen LogP contribution in [0.1, 0.15) is 59.7 Å².